The number of imidazole rings is 1. The van der Waals surface area contributed by atoms with Crippen molar-refractivity contribution in [3.63, 3.8) is 0 Å². The molecule has 0 radical (unpaired) electrons. The molecule has 5 rings (SSSR count). The average Bonchev–Trinajstić information content (AvgIpc) is 3.18. The average molecular weight is 305 g/mol. The second kappa shape index (κ2) is 4.66. The van der Waals surface area contributed by atoms with Gasteiger partial charge in [-0.3, -0.25) is 0 Å². The number of hydrogen-bond acceptors (Lipinski definition) is 3. The standard InChI is InChI=1S/C18H15N3S/c1-2-7-15-11(4-1)12-5-3-6-13(18(12)22-15)16-17-14(8-9-19-16)20-10-21-17/h1-7,10,16,19H,8-9H2,(H,20,21). The Balaban J connectivity index is 1.79. The summed E-state index contributed by atoms with van der Waals surface area (Å²) in [7, 11) is 0. The Hall–Kier alpha value is -2.17. The number of rotatable bonds is 1. The van der Waals surface area contributed by atoms with Crippen molar-refractivity contribution in [3.8, 4) is 0 Å². The van der Waals surface area contributed by atoms with Crippen molar-refractivity contribution in [2.45, 2.75) is 12.5 Å². The van der Waals surface area contributed by atoms with E-state index in [-0.39, 0.29) is 6.04 Å². The molecule has 4 heteroatoms. The first-order chi connectivity index (χ1) is 10.9. The number of hydrogen-bond donors (Lipinski definition) is 2. The summed E-state index contributed by atoms with van der Waals surface area (Å²) in [5.41, 5.74) is 3.75. The summed E-state index contributed by atoms with van der Waals surface area (Å²) in [6.07, 6.45) is 2.84. The zero-order valence-corrected chi connectivity index (χ0v) is 12.8. The van der Waals surface area contributed by atoms with E-state index in [2.05, 4.69) is 57.7 Å². The third-order valence-electron chi connectivity index (χ3n) is 4.49. The van der Waals surface area contributed by atoms with Gasteiger partial charge < -0.3 is 10.3 Å². The van der Waals surface area contributed by atoms with Gasteiger partial charge in [-0.2, -0.15) is 0 Å². The third-order valence-corrected chi connectivity index (χ3v) is 5.73. The maximum Gasteiger partial charge on any atom is 0.0926 e. The number of thiophene rings is 1. The first-order valence-corrected chi connectivity index (χ1v) is 8.39. The molecule has 0 bridgehead atoms. The van der Waals surface area contributed by atoms with Crippen molar-refractivity contribution in [3.05, 3.63) is 65.7 Å². The molecule has 3 nitrogen and oxygen atoms in total. The molecule has 0 amide bonds. The van der Waals surface area contributed by atoms with Crippen molar-refractivity contribution in [1.82, 2.24) is 15.3 Å². The van der Waals surface area contributed by atoms with E-state index in [1.165, 1.54) is 31.4 Å². The summed E-state index contributed by atoms with van der Waals surface area (Å²) in [6.45, 7) is 0.987. The van der Waals surface area contributed by atoms with Gasteiger partial charge >= 0.3 is 0 Å². The Morgan fingerprint density at radius 1 is 1.05 bits per heavy atom. The number of benzene rings is 2. The van der Waals surface area contributed by atoms with Crippen molar-refractivity contribution in [1.29, 1.82) is 0 Å². The van der Waals surface area contributed by atoms with Crippen LogP contribution in [0, 0.1) is 0 Å². The number of nitrogens with one attached hydrogen (secondary N) is 2. The van der Waals surface area contributed by atoms with Crippen molar-refractivity contribution >= 4 is 31.5 Å². The van der Waals surface area contributed by atoms with E-state index >= 15 is 0 Å². The molecule has 4 aromatic rings. The molecule has 1 aliphatic heterocycles. The summed E-state index contributed by atoms with van der Waals surface area (Å²) in [5, 5.41) is 6.34. The Kier molecular flexibility index (Phi) is 2.62. The summed E-state index contributed by atoms with van der Waals surface area (Å²) < 4.78 is 2.72. The normalized spacial score (nSPS) is 17.9. The number of aromatic nitrogens is 2. The maximum atomic E-state index is 4.56. The Bertz CT molecular complexity index is 982. The molecular formula is C18H15N3S. The number of aromatic amines is 1. The first-order valence-electron chi connectivity index (χ1n) is 7.57. The van der Waals surface area contributed by atoms with Gasteiger partial charge in [-0.15, -0.1) is 11.3 Å². The van der Waals surface area contributed by atoms with Gasteiger partial charge in [-0.25, -0.2) is 4.98 Å². The topological polar surface area (TPSA) is 40.7 Å². The molecule has 0 aliphatic carbocycles. The molecule has 0 saturated carbocycles. The van der Waals surface area contributed by atoms with Crippen LogP contribution in [0.1, 0.15) is 23.0 Å². The van der Waals surface area contributed by atoms with Crippen LogP contribution in [-0.4, -0.2) is 16.5 Å². The molecule has 2 aromatic heterocycles. The van der Waals surface area contributed by atoms with E-state index in [1.54, 1.807) is 0 Å². The molecule has 22 heavy (non-hydrogen) atoms. The van der Waals surface area contributed by atoms with Crippen LogP contribution < -0.4 is 5.32 Å². The van der Waals surface area contributed by atoms with Gasteiger partial charge in [0.15, 0.2) is 0 Å². The fourth-order valence-corrected chi connectivity index (χ4v) is 4.72. The summed E-state index contributed by atoms with van der Waals surface area (Å²) >= 11 is 1.88. The molecule has 3 heterocycles. The predicted molar refractivity (Wildman–Crippen MR) is 91.5 cm³/mol. The molecule has 1 aliphatic rings. The van der Waals surface area contributed by atoms with Gasteiger partial charge in [0.25, 0.3) is 0 Å². The minimum Gasteiger partial charge on any atom is -0.348 e. The fourth-order valence-electron chi connectivity index (χ4n) is 3.47. The summed E-state index contributed by atoms with van der Waals surface area (Å²) in [6, 6.07) is 15.5. The largest absolute Gasteiger partial charge is 0.348 e. The van der Waals surface area contributed by atoms with E-state index in [9.17, 15) is 0 Å². The molecule has 2 N–H and O–H groups in total. The van der Waals surface area contributed by atoms with E-state index in [4.69, 9.17) is 0 Å². The number of H-pyrrole nitrogens is 1. The van der Waals surface area contributed by atoms with Crippen LogP contribution in [0.3, 0.4) is 0 Å². The highest BCUT2D eigenvalue weighted by Crippen LogP contribution is 2.39. The molecule has 2 aromatic carbocycles. The van der Waals surface area contributed by atoms with Crippen LogP contribution in [0.25, 0.3) is 20.2 Å². The van der Waals surface area contributed by atoms with Gasteiger partial charge in [-0.05, 0) is 11.6 Å². The zero-order valence-electron chi connectivity index (χ0n) is 12.0. The monoisotopic (exact) mass is 305 g/mol. The van der Waals surface area contributed by atoms with Crippen molar-refractivity contribution in [2.75, 3.05) is 6.54 Å². The smallest absolute Gasteiger partial charge is 0.0926 e. The van der Waals surface area contributed by atoms with Crippen LogP contribution in [0.2, 0.25) is 0 Å². The van der Waals surface area contributed by atoms with E-state index in [0.29, 0.717) is 0 Å². The highest BCUT2D eigenvalue weighted by Gasteiger charge is 2.25. The minimum absolute atomic E-state index is 0.187. The molecule has 108 valence electrons. The predicted octanol–water partition coefficient (Wildman–Crippen LogP) is 4.01. The Morgan fingerprint density at radius 3 is 2.95 bits per heavy atom. The van der Waals surface area contributed by atoms with Crippen LogP contribution in [0.15, 0.2) is 48.8 Å². The van der Waals surface area contributed by atoms with Gasteiger partial charge in [-0.1, -0.05) is 36.4 Å². The molecular weight excluding hydrogens is 290 g/mol. The van der Waals surface area contributed by atoms with Gasteiger partial charge in [0.05, 0.1) is 18.1 Å². The summed E-state index contributed by atoms with van der Waals surface area (Å²) in [4.78, 5) is 7.85. The number of nitrogens with zero attached hydrogens (tertiary/aromatic N) is 1. The van der Waals surface area contributed by atoms with Crippen molar-refractivity contribution < 1.29 is 0 Å². The van der Waals surface area contributed by atoms with Crippen molar-refractivity contribution in [2.24, 2.45) is 0 Å². The SMILES string of the molecule is c1ccc2c(c1)sc1c(C3NCCc4[nH]cnc43)cccc12. The van der Waals surface area contributed by atoms with E-state index < -0.39 is 0 Å². The quantitative estimate of drug-likeness (QED) is 0.558. The highest BCUT2D eigenvalue weighted by molar-refractivity contribution is 7.26. The van der Waals surface area contributed by atoms with E-state index in [0.717, 1.165) is 18.7 Å². The summed E-state index contributed by atoms with van der Waals surface area (Å²) in [5.74, 6) is 0. The van der Waals surface area contributed by atoms with Crippen LogP contribution in [-0.2, 0) is 6.42 Å². The lowest BCUT2D eigenvalue weighted by Crippen LogP contribution is -2.30. The lowest BCUT2D eigenvalue weighted by Gasteiger charge is -2.23. The van der Waals surface area contributed by atoms with Gasteiger partial charge in [0, 0.05) is 38.8 Å². The third kappa shape index (κ3) is 1.68. The van der Waals surface area contributed by atoms with Gasteiger partial charge in [0.1, 0.15) is 0 Å². The second-order valence-electron chi connectivity index (χ2n) is 5.73. The zero-order chi connectivity index (χ0) is 14.5. The first kappa shape index (κ1) is 12.4. The Labute approximate surface area is 132 Å². The minimum atomic E-state index is 0.187. The Morgan fingerprint density at radius 2 is 1.95 bits per heavy atom. The fraction of sp³-hybridized carbons (Fsp3) is 0.167. The lowest BCUT2D eigenvalue weighted by atomic mass is 9.96. The highest BCUT2D eigenvalue weighted by atomic mass is 32.1. The van der Waals surface area contributed by atoms with Crippen LogP contribution in [0.4, 0.5) is 0 Å². The maximum absolute atomic E-state index is 4.56. The van der Waals surface area contributed by atoms with E-state index in [1.807, 2.05) is 17.7 Å². The number of fused-ring (bicyclic) bond motifs is 4. The van der Waals surface area contributed by atoms with Gasteiger partial charge in [0.2, 0.25) is 0 Å². The van der Waals surface area contributed by atoms with Crippen LogP contribution >= 0.6 is 11.3 Å². The molecule has 0 saturated heterocycles. The van der Waals surface area contributed by atoms with Crippen LogP contribution in [0.5, 0.6) is 0 Å². The molecule has 1 unspecified atom stereocenters. The second-order valence-corrected chi connectivity index (χ2v) is 6.78. The molecule has 1 atom stereocenters. The molecule has 0 fully saturated rings. The lowest BCUT2D eigenvalue weighted by molar-refractivity contribution is 0.556. The molecule has 0 spiro atoms.